The SMILES string of the molecule is CN(CC(=O)NC1CCCC1)c1nc(Cc2ccc(NCC3CCCCC3)cc2)nc(Cl)c1CC(=O)[O-]. The van der Waals surface area contributed by atoms with E-state index >= 15 is 0 Å². The van der Waals surface area contributed by atoms with Crippen molar-refractivity contribution < 1.29 is 14.7 Å². The molecule has 2 N–H and O–H groups in total. The lowest BCUT2D eigenvalue weighted by atomic mass is 9.89. The predicted molar refractivity (Wildman–Crippen MR) is 144 cm³/mol. The monoisotopic (exact) mass is 526 g/mol. The van der Waals surface area contributed by atoms with Gasteiger partial charge in [-0.2, -0.15) is 0 Å². The number of carboxylic acid groups (broad SMARTS) is 1. The number of aromatic nitrogens is 2. The number of hydrogen-bond donors (Lipinski definition) is 2. The number of aliphatic carboxylic acids is 1. The molecular weight excluding hydrogens is 490 g/mol. The lowest BCUT2D eigenvalue weighted by molar-refractivity contribution is -0.304. The molecular formula is C28H37ClN5O3-. The van der Waals surface area contributed by atoms with Gasteiger partial charge in [0.05, 0.1) is 6.54 Å². The Kier molecular flexibility index (Phi) is 9.61. The first kappa shape index (κ1) is 27.2. The molecule has 0 atom stereocenters. The Bertz CT molecular complexity index is 1070. The van der Waals surface area contributed by atoms with Gasteiger partial charge in [0.2, 0.25) is 5.91 Å². The van der Waals surface area contributed by atoms with Crippen LogP contribution in [0.25, 0.3) is 0 Å². The van der Waals surface area contributed by atoms with Crippen molar-refractivity contribution in [3.05, 3.63) is 46.4 Å². The first-order valence-electron chi connectivity index (χ1n) is 13.5. The van der Waals surface area contributed by atoms with E-state index in [-0.39, 0.29) is 29.2 Å². The molecule has 4 rings (SSSR count). The van der Waals surface area contributed by atoms with Gasteiger partial charge in [0.15, 0.2) is 0 Å². The van der Waals surface area contributed by atoms with Gasteiger partial charge in [-0.25, -0.2) is 9.97 Å². The molecule has 200 valence electrons. The van der Waals surface area contributed by atoms with Crippen molar-refractivity contribution in [2.45, 2.75) is 76.7 Å². The summed E-state index contributed by atoms with van der Waals surface area (Å²) in [5.74, 6) is 0.153. The van der Waals surface area contributed by atoms with Crippen LogP contribution >= 0.6 is 11.6 Å². The molecule has 0 radical (unpaired) electrons. The van der Waals surface area contributed by atoms with Crippen LogP contribution in [-0.4, -0.2) is 48.0 Å². The van der Waals surface area contributed by atoms with Crippen molar-refractivity contribution >= 4 is 35.0 Å². The van der Waals surface area contributed by atoms with Crippen LogP contribution in [0.2, 0.25) is 5.15 Å². The second-order valence-electron chi connectivity index (χ2n) is 10.4. The number of amides is 1. The maximum absolute atomic E-state index is 12.6. The molecule has 1 heterocycles. The van der Waals surface area contributed by atoms with Crippen LogP contribution in [0.4, 0.5) is 11.5 Å². The number of hydrogen-bond acceptors (Lipinski definition) is 7. The Morgan fingerprint density at radius 2 is 1.70 bits per heavy atom. The summed E-state index contributed by atoms with van der Waals surface area (Å²) in [4.78, 5) is 34.6. The van der Waals surface area contributed by atoms with Gasteiger partial charge in [0, 0.05) is 49.7 Å². The highest BCUT2D eigenvalue weighted by atomic mass is 35.5. The fourth-order valence-corrected chi connectivity index (χ4v) is 5.64. The van der Waals surface area contributed by atoms with Crippen molar-refractivity contribution in [3.8, 4) is 0 Å². The van der Waals surface area contributed by atoms with Gasteiger partial charge >= 0.3 is 0 Å². The Morgan fingerprint density at radius 1 is 1.03 bits per heavy atom. The van der Waals surface area contributed by atoms with E-state index in [9.17, 15) is 14.7 Å². The summed E-state index contributed by atoms with van der Waals surface area (Å²) >= 11 is 6.42. The molecule has 0 spiro atoms. The number of benzene rings is 1. The predicted octanol–water partition coefficient (Wildman–Crippen LogP) is 3.50. The van der Waals surface area contributed by atoms with E-state index < -0.39 is 12.4 Å². The van der Waals surface area contributed by atoms with Crippen LogP contribution in [0.3, 0.4) is 0 Å². The summed E-state index contributed by atoms with van der Waals surface area (Å²) in [6, 6.07) is 8.39. The highest BCUT2D eigenvalue weighted by molar-refractivity contribution is 6.30. The third-order valence-electron chi connectivity index (χ3n) is 7.40. The molecule has 1 aromatic carbocycles. The van der Waals surface area contributed by atoms with Crippen molar-refractivity contribution in [3.63, 3.8) is 0 Å². The summed E-state index contributed by atoms with van der Waals surface area (Å²) in [5.41, 5.74) is 2.36. The number of carbonyl (C=O) groups excluding carboxylic acids is 2. The Balaban J connectivity index is 1.43. The minimum atomic E-state index is -1.28. The van der Waals surface area contributed by atoms with Crippen LogP contribution in [-0.2, 0) is 22.4 Å². The minimum Gasteiger partial charge on any atom is -0.550 e. The third kappa shape index (κ3) is 8.06. The molecule has 1 amide bonds. The van der Waals surface area contributed by atoms with Gasteiger partial charge < -0.3 is 25.4 Å². The zero-order valence-corrected chi connectivity index (χ0v) is 22.4. The molecule has 2 aliphatic rings. The molecule has 2 aromatic rings. The molecule has 2 saturated carbocycles. The average molecular weight is 527 g/mol. The van der Waals surface area contributed by atoms with Gasteiger partial charge in [-0.3, -0.25) is 4.79 Å². The molecule has 9 heteroatoms. The fourth-order valence-electron chi connectivity index (χ4n) is 5.39. The van der Waals surface area contributed by atoms with Gasteiger partial charge in [-0.1, -0.05) is 55.8 Å². The summed E-state index contributed by atoms with van der Waals surface area (Å²) in [7, 11) is 1.71. The number of halogens is 1. The highest BCUT2D eigenvalue weighted by Crippen LogP contribution is 2.27. The average Bonchev–Trinajstić information content (AvgIpc) is 3.38. The van der Waals surface area contributed by atoms with Crippen molar-refractivity contribution in [1.82, 2.24) is 15.3 Å². The maximum Gasteiger partial charge on any atom is 0.239 e. The topological polar surface area (TPSA) is 110 Å². The van der Waals surface area contributed by atoms with E-state index in [4.69, 9.17) is 11.6 Å². The Morgan fingerprint density at radius 3 is 2.38 bits per heavy atom. The molecule has 37 heavy (non-hydrogen) atoms. The zero-order chi connectivity index (χ0) is 26.2. The minimum absolute atomic E-state index is 0.0463. The lowest BCUT2D eigenvalue weighted by Gasteiger charge is -2.23. The normalized spacial score (nSPS) is 16.5. The number of likely N-dealkylation sites (N-methyl/N-ethyl adjacent to an activating group) is 1. The van der Waals surface area contributed by atoms with E-state index in [0.29, 0.717) is 18.1 Å². The molecule has 8 nitrogen and oxygen atoms in total. The summed E-state index contributed by atoms with van der Waals surface area (Å²) in [5, 5.41) is 18.1. The third-order valence-corrected chi connectivity index (χ3v) is 7.71. The second kappa shape index (κ2) is 13.1. The number of carbonyl (C=O) groups is 2. The first-order chi connectivity index (χ1) is 17.9. The highest BCUT2D eigenvalue weighted by Gasteiger charge is 2.21. The quantitative estimate of drug-likeness (QED) is 0.431. The maximum atomic E-state index is 12.6. The van der Waals surface area contributed by atoms with Crippen LogP contribution < -0.4 is 20.6 Å². The van der Waals surface area contributed by atoms with Crippen molar-refractivity contribution in [2.75, 3.05) is 30.4 Å². The number of carboxylic acids is 1. The summed E-state index contributed by atoms with van der Waals surface area (Å²) < 4.78 is 0. The molecule has 0 unspecified atom stereocenters. The molecule has 2 fully saturated rings. The van der Waals surface area contributed by atoms with Crippen LogP contribution in [0.15, 0.2) is 24.3 Å². The van der Waals surface area contributed by atoms with Crippen molar-refractivity contribution in [1.29, 1.82) is 0 Å². The lowest BCUT2D eigenvalue weighted by Crippen LogP contribution is -2.40. The van der Waals surface area contributed by atoms with Gasteiger partial charge in [-0.15, -0.1) is 0 Å². The first-order valence-corrected chi connectivity index (χ1v) is 13.8. The molecule has 0 bridgehead atoms. The molecule has 2 aliphatic carbocycles. The number of nitrogens with one attached hydrogen (secondary N) is 2. The van der Waals surface area contributed by atoms with E-state index in [0.717, 1.165) is 49.4 Å². The standard InChI is InChI=1S/C28H38ClN5O3/c1-34(18-25(35)31-22-9-5-6-10-22)28-23(16-26(36)37)27(29)32-24(33-28)15-19-11-13-21(14-12-19)30-17-20-7-3-2-4-8-20/h11-14,20,22,30H,2-10,15-18H2,1H3,(H,31,35)(H,36,37)/p-1. The van der Waals surface area contributed by atoms with Crippen LogP contribution in [0.1, 0.15) is 74.7 Å². The fraction of sp³-hybridized carbons (Fsp3) is 0.571. The number of nitrogens with zero attached hydrogens (tertiary/aromatic N) is 3. The van der Waals surface area contributed by atoms with Crippen molar-refractivity contribution in [2.24, 2.45) is 5.92 Å². The van der Waals surface area contributed by atoms with E-state index in [1.807, 2.05) is 12.1 Å². The van der Waals surface area contributed by atoms with Gasteiger partial charge in [0.1, 0.15) is 16.8 Å². The largest absolute Gasteiger partial charge is 0.550 e. The molecule has 0 aliphatic heterocycles. The van der Waals surface area contributed by atoms with Crippen LogP contribution in [0, 0.1) is 5.92 Å². The van der Waals surface area contributed by atoms with Gasteiger partial charge in [0.25, 0.3) is 0 Å². The molecule has 0 saturated heterocycles. The number of anilines is 2. The Labute approximate surface area is 224 Å². The zero-order valence-electron chi connectivity index (χ0n) is 21.6. The molecule has 1 aromatic heterocycles. The summed E-state index contributed by atoms with van der Waals surface area (Å²) in [6.07, 6.45) is 10.9. The van der Waals surface area contributed by atoms with E-state index in [1.54, 1.807) is 11.9 Å². The summed E-state index contributed by atoms with van der Waals surface area (Å²) in [6.45, 7) is 1.05. The second-order valence-corrected chi connectivity index (χ2v) is 10.8. The smallest absolute Gasteiger partial charge is 0.239 e. The van der Waals surface area contributed by atoms with Gasteiger partial charge in [-0.05, 0) is 49.3 Å². The number of rotatable bonds is 11. The van der Waals surface area contributed by atoms with E-state index in [1.165, 1.54) is 32.1 Å². The van der Waals surface area contributed by atoms with E-state index in [2.05, 4.69) is 32.7 Å². The Hall–Kier alpha value is -2.87. The van der Waals surface area contributed by atoms with Crippen LogP contribution in [0.5, 0.6) is 0 Å².